The van der Waals surface area contributed by atoms with Crippen molar-refractivity contribution >= 4 is 10.1 Å². The van der Waals surface area contributed by atoms with Gasteiger partial charge < -0.3 is 1.43 Å². The topological polar surface area (TPSA) is 54.4 Å². The molecule has 1 N–H and O–H groups in total. The molecule has 21 heavy (non-hydrogen) atoms. The van der Waals surface area contributed by atoms with E-state index in [1.165, 1.54) is 6.07 Å². The van der Waals surface area contributed by atoms with Gasteiger partial charge in [-0.2, -0.15) is 8.42 Å². The summed E-state index contributed by atoms with van der Waals surface area (Å²) in [7, 11) is -4.17. The second-order valence-corrected chi connectivity index (χ2v) is 6.29. The van der Waals surface area contributed by atoms with Crippen LogP contribution < -0.4 is 29.6 Å². The van der Waals surface area contributed by atoms with Crippen LogP contribution in [-0.4, -0.2) is 13.0 Å². The zero-order valence-electron chi connectivity index (χ0n) is 13.6. The molecule has 0 saturated heterocycles. The third kappa shape index (κ3) is 4.41. The normalized spacial score (nSPS) is 12.5. The number of hydrogen-bond acceptors (Lipinski definition) is 2. The number of hydrogen-bond donors (Lipinski definition) is 1. The number of aryl methyl sites for hydroxylation is 1. The maximum absolute atomic E-state index is 11.3. The number of rotatable bonds is 4. The first-order chi connectivity index (χ1) is 9.43. The molecular formula is C16H19NaO3S. The summed E-state index contributed by atoms with van der Waals surface area (Å²) in [6.45, 7) is 4.02. The van der Waals surface area contributed by atoms with E-state index in [2.05, 4.69) is 6.92 Å². The van der Waals surface area contributed by atoms with Crippen LogP contribution in [0.15, 0.2) is 53.4 Å². The first-order valence-electron chi connectivity index (χ1n) is 6.56. The van der Waals surface area contributed by atoms with Crippen molar-refractivity contribution in [3.63, 3.8) is 0 Å². The van der Waals surface area contributed by atoms with Gasteiger partial charge in [-0.05, 0) is 42.2 Å². The molecule has 0 bridgehead atoms. The van der Waals surface area contributed by atoms with E-state index in [1.807, 2.05) is 37.3 Å². The fourth-order valence-electron chi connectivity index (χ4n) is 2.47. The molecule has 1 unspecified atom stereocenters. The van der Waals surface area contributed by atoms with Crippen LogP contribution in [0.4, 0.5) is 0 Å². The second kappa shape index (κ2) is 7.56. The Kier molecular flexibility index (Phi) is 6.63. The summed E-state index contributed by atoms with van der Waals surface area (Å²) in [6, 6.07) is 14.7. The predicted octanol–water partition coefficient (Wildman–Crippen LogP) is 0.900. The van der Waals surface area contributed by atoms with Crippen molar-refractivity contribution in [2.24, 2.45) is 0 Å². The Morgan fingerprint density at radius 1 is 1.14 bits per heavy atom. The summed E-state index contributed by atoms with van der Waals surface area (Å²) in [5.74, 6) is 0.123. The van der Waals surface area contributed by atoms with Gasteiger partial charge >= 0.3 is 29.6 Å². The standard InChI is InChI=1S/C16H18O3S.Na.H/c1-3-15(13-7-5-4-6-8-13)16-11-14(20(17,18)19)10-9-12(16)2;;/h4-11,15H,3H2,1-2H3,(H,17,18,19);;/q;+1;-1. The van der Waals surface area contributed by atoms with Crippen molar-refractivity contribution in [3.05, 3.63) is 65.2 Å². The largest absolute Gasteiger partial charge is 1.00 e. The van der Waals surface area contributed by atoms with Gasteiger partial charge in [0.2, 0.25) is 0 Å². The van der Waals surface area contributed by atoms with E-state index >= 15 is 0 Å². The van der Waals surface area contributed by atoms with Crippen LogP contribution >= 0.6 is 0 Å². The Labute approximate surface area is 149 Å². The summed E-state index contributed by atoms with van der Waals surface area (Å²) in [4.78, 5) is -0.0486. The van der Waals surface area contributed by atoms with Crippen LogP contribution in [0.3, 0.4) is 0 Å². The molecule has 2 rings (SSSR count). The van der Waals surface area contributed by atoms with E-state index in [9.17, 15) is 13.0 Å². The smallest absolute Gasteiger partial charge is 1.00 e. The van der Waals surface area contributed by atoms with E-state index in [0.29, 0.717) is 0 Å². The van der Waals surface area contributed by atoms with Gasteiger partial charge in [0.25, 0.3) is 10.1 Å². The molecule has 0 aliphatic rings. The summed E-state index contributed by atoms with van der Waals surface area (Å²) < 4.78 is 31.8. The van der Waals surface area contributed by atoms with Gasteiger partial charge in [-0.3, -0.25) is 4.55 Å². The first kappa shape index (κ1) is 18.4. The molecule has 2 aromatic carbocycles. The Hall–Kier alpha value is -0.650. The average Bonchev–Trinajstić information content (AvgIpc) is 2.41. The zero-order chi connectivity index (χ0) is 14.8. The predicted molar refractivity (Wildman–Crippen MR) is 80.7 cm³/mol. The molecule has 2 aromatic rings. The molecule has 1 atom stereocenters. The van der Waals surface area contributed by atoms with Crippen LogP contribution in [0.25, 0.3) is 0 Å². The molecule has 0 radical (unpaired) electrons. The van der Waals surface area contributed by atoms with Crippen LogP contribution in [0, 0.1) is 6.92 Å². The van der Waals surface area contributed by atoms with Crippen LogP contribution in [-0.2, 0) is 10.1 Å². The second-order valence-electron chi connectivity index (χ2n) is 4.86. The fourth-order valence-corrected chi connectivity index (χ4v) is 2.99. The third-order valence-electron chi connectivity index (χ3n) is 3.53. The zero-order valence-corrected chi connectivity index (χ0v) is 15.4. The molecular weight excluding hydrogens is 295 g/mol. The van der Waals surface area contributed by atoms with Gasteiger partial charge in [-0.15, -0.1) is 0 Å². The Bertz CT molecular complexity index is 703. The molecule has 0 aliphatic heterocycles. The molecule has 0 heterocycles. The number of benzene rings is 2. The summed E-state index contributed by atoms with van der Waals surface area (Å²) >= 11 is 0. The Morgan fingerprint density at radius 2 is 1.76 bits per heavy atom. The van der Waals surface area contributed by atoms with Crippen molar-refractivity contribution in [1.82, 2.24) is 0 Å². The van der Waals surface area contributed by atoms with Crippen molar-refractivity contribution in [2.45, 2.75) is 31.1 Å². The Morgan fingerprint density at radius 3 is 2.29 bits per heavy atom. The molecule has 0 spiro atoms. The van der Waals surface area contributed by atoms with E-state index in [4.69, 9.17) is 0 Å². The Balaban J connectivity index is 0.00000220. The molecule has 5 heteroatoms. The quantitative estimate of drug-likeness (QED) is 0.674. The maximum Gasteiger partial charge on any atom is 1.00 e. The van der Waals surface area contributed by atoms with Crippen molar-refractivity contribution in [3.8, 4) is 0 Å². The molecule has 0 saturated carbocycles. The maximum atomic E-state index is 11.3. The minimum atomic E-state index is -4.17. The van der Waals surface area contributed by atoms with Gasteiger partial charge in [-0.1, -0.05) is 43.3 Å². The summed E-state index contributed by atoms with van der Waals surface area (Å²) in [6.07, 6.45) is 0.861. The van der Waals surface area contributed by atoms with Gasteiger partial charge in [0.05, 0.1) is 4.90 Å². The van der Waals surface area contributed by atoms with Gasteiger partial charge in [0, 0.05) is 5.92 Å². The minimum Gasteiger partial charge on any atom is -1.00 e. The van der Waals surface area contributed by atoms with E-state index < -0.39 is 10.1 Å². The van der Waals surface area contributed by atoms with E-state index in [1.54, 1.807) is 12.1 Å². The average molecular weight is 314 g/mol. The third-order valence-corrected chi connectivity index (χ3v) is 4.38. The SMILES string of the molecule is CCC(c1ccccc1)c1cc(S(=O)(=O)O)ccc1C.[H-].[Na+]. The van der Waals surface area contributed by atoms with Crippen molar-refractivity contribution in [2.75, 3.05) is 0 Å². The van der Waals surface area contributed by atoms with Gasteiger partial charge in [-0.25, -0.2) is 0 Å². The molecule has 108 valence electrons. The van der Waals surface area contributed by atoms with Gasteiger partial charge in [0.1, 0.15) is 0 Å². The van der Waals surface area contributed by atoms with Gasteiger partial charge in [0.15, 0.2) is 0 Å². The fraction of sp³-hybridized carbons (Fsp3) is 0.250. The monoisotopic (exact) mass is 314 g/mol. The minimum absolute atomic E-state index is 0. The summed E-state index contributed by atoms with van der Waals surface area (Å²) in [5.41, 5.74) is 3.10. The van der Waals surface area contributed by atoms with E-state index in [0.717, 1.165) is 23.1 Å². The molecule has 3 nitrogen and oxygen atoms in total. The summed E-state index contributed by atoms with van der Waals surface area (Å²) in [5, 5.41) is 0. The molecule has 0 fully saturated rings. The molecule has 0 aromatic heterocycles. The van der Waals surface area contributed by atoms with Crippen LogP contribution in [0.5, 0.6) is 0 Å². The molecule has 0 aliphatic carbocycles. The van der Waals surface area contributed by atoms with Crippen LogP contribution in [0.1, 0.15) is 37.4 Å². The molecule has 0 amide bonds. The van der Waals surface area contributed by atoms with E-state index in [-0.39, 0.29) is 41.8 Å². The van der Waals surface area contributed by atoms with Crippen LogP contribution in [0.2, 0.25) is 0 Å². The van der Waals surface area contributed by atoms with Crippen molar-refractivity contribution in [1.29, 1.82) is 0 Å². The first-order valence-corrected chi connectivity index (χ1v) is 8.00. The van der Waals surface area contributed by atoms with Crippen molar-refractivity contribution < 1.29 is 44.0 Å².